The zero-order valence-corrected chi connectivity index (χ0v) is 23.0. The molecular weight excluding hydrogens is 521 g/mol. The highest BCUT2D eigenvalue weighted by atomic mass is 19.1. The molecule has 10 nitrogen and oxygen atoms in total. The summed E-state index contributed by atoms with van der Waals surface area (Å²) in [5.41, 5.74) is 4.75. The Morgan fingerprint density at radius 2 is 1.85 bits per heavy atom. The third-order valence-electron chi connectivity index (χ3n) is 8.36. The number of pyridine rings is 2. The number of benzene rings is 1. The van der Waals surface area contributed by atoms with Crippen LogP contribution in [0.3, 0.4) is 0 Å². The molecule has 0 unspecified atom stereocenters. The number of hydrogen-bond acceptors (Lipinski definition) is 7. The maximum atomic E-state index is 16.2. The van der Waals surface area contributed by atoms with Crippen molar-refractivity contribution >= 4 is 39.2 Å². The van der Waals surface area contributed by atoms with Crippen LogP contribution in [0.4, 0.5) is 15.8 Å². The number of carbonyl (C=O) groups excluding carboxylic acids is 1. The van der Waals surface area contributed by atoms with Gasteiger partial charge in [0, 0.05) is 43.9 Å². The molecule has 41 heavy (non-hydrogen) atoms. The number of H-pyrrole nitrogens is 2. The zero-order chi connectivity index (χ0) is 27.9. The van der Waals surface area contributed by atoms with Gasteiger partial charge in [-0.3, -0.25) is 19.9 Å². The molecular formula is C30H32FN9O. The van der Waals surface area contributed by atoms with E-state index in [1.165, 1.54) is 6.42 Å². The Kier molecular flexibility index (Phi) is 6.58. The van der Waals surface area contributed by atoms with Gasteiger partial charge in [-0.25, -0.2) is 9.37 Å². The fourth-order valence-electron chi connectivity index (χ4n) is 6.03. The van der Waals surface area contributed by atoms with Crippen molar-refractivity contribution < 1.29 is 9.18 Å². The number of nitrogens with zero attached hydrogens (tertiary/aromatic N) is 6. The SMILES string of the molecule is CN1CCN(c2cccc3[nH]c(-c4n[nH]c5cnc(-c6cncc(NC(=O)C7CCCCC7)c6)c(F)c45)nc23)CC1. The molecule has 0 atom stereocenters. The molecule has 0 bridgehead atoms. The molecule has 1 saturated heterocycles. The third kappa shape index (κ3) is 4.80. The first-order valence-electron chi connectivity index (χ1n) is 14.3. The second kappa shape index (κ2) is 10.5. The zero-order valence-electron chi connectivity index (χ0n) is 23.0. The van der Waals surface area contributed by atoms with Crippen LogP contribution >= 0.6 is 0 Å². The Balaban J connectivity index is 1.22. The number of amides is 1. The number of hydrogen-bond donors (Lipinski definition) is 3. The number of nitrogens with one attached hydrogen (secondary N) is 3. The van der Waals surface area contributed by atoms with Crippen molar-refractivity contribution in [1.82, 2.24) is 35.0 Å². The molecule has 210 valence electrons. The molecule has 5 heterocycles. The lowest BCUT2D eigenvalue weighted by molar-refractivity contribution is -0.120. The minimum Gasteiger partial charge on any atom is -0.367 e. The van der Waals surface area contributed by atoms with Gasteiger partial charge in [0.1, 0.15) is 16.9 Å². The van der Waals surface area contributed by atoms with E-state index in [1.54, 1.807) is 24.7 Å². The van der Waals surface area contributed by atoms with Crippen molar-refractivity contribution in [3.8, 4) is 22.8 Å². The molecule has 11 heteroatoms. The van der Waals surface area contributed by atoms with Crippen molar-refractivity contribution in [2.24, 2.45) is 5.92 Å². The number of imidazole rings is 1. The molecule has 4 aromatic heterocycles. The summed E-state index contributed by atoms with van der Waals surface area (Å²) in [5.74, 6) is -0.0442. The highest BCUT2D eigenvalue weighted by Gasteiger charge is 2.24. The molecule has 1 aromatic carbocycles. The number of fused-ring (bicyclic) bond motifs is 2. The molecule has 0 spiro atoms. The number of likely N-dealkylation sites (N-methyl/N-ethyl adjacent to an activating group) is 1. The molecule has 1 saturated carbocycles. The average molecular weight is 554 g/mol. The normalized spacial score (nSPS) is 17.0. The largest absolute Gasteiger partial charge is 0.367 e. The van der Waals surface area contributed by atoms with Gasteiger partial charge in [0.2, 0.25) is 5.91 Å². The number of aromatic nitrogens is 6. The second-order valence-electron chi connectivity index (χ2n) is 11.1. The molecule has 1 amide bonds. The minimum absolute atomic E-state index is 0.00711. The van der Waals surface area contributed by atoms with Gasteiger partial charge < -0.3 is 20.1 Å². The van der Waals surface area contributed by atoms with Crippen LogP contribution in [0.15, 0.2) is 42.9 Å². The van der Waals surface area contributed by atoms with Crippen LogP contribution in [-0.4, -0.2) is 74.2 Å². The monoisotopic (exact) mass is 553 g/mol. The number of halogens is 1. The Bertz CT molecular complexity index is 1730. The van der Waals surface area contributed by atoms with E-state index in [-0.39, 0.29) is 17.5 Å². The number of anilines is 2. The first kappa shape index (κ1) is 25.6. The van der Waals surface area contributed by atoms with Crippen molar-refractivity contribution in [1.29, 1.82) is 0 Å². The van der Waals surface area contributed by atoms with Crippen LogP contribution in [0.1, 0.15) is 32.1 Å². The Morgan fingerprint density at radius 3 is 2.68 bits per heavy atom. The van der Waals surface area contributed by atoms with Crippen LogP contribution in [-0.2, 0) is 4.79 Å². The molecule has 7 rings (SSSR count). The maximum Gasteiger partial charge on any atom is 0.227 e. The van der Waals surface area contributed by atoms with Gasteiger partial charge >= 0.3 is 0 Å². The standard InChI is InChI=1S/C30H32FN9O/c1-39-10-12-40(13-11-39)23-9-5-8-21-27(23)36-29(35-21)28-24-22(37-38-28)17-33-26(25(24)31)19-14-20(16-32-15-19)34-30(41)18-6-3-2-4-7-18/h5,8-9,14-18H,2-4,6-7,10-13H2,1H3,(H,34,41)(H,35,36)(H,37,38). The first-order valence-corrected chi connectivity index (χ1v) is 14.3. The first-order chi connectivity index (χ1) is 20.0. The lowest BCUT2D eigenvalue weighted by atomic mass is 9.88. The molecule has 3 N–H and O–H groups in total. The van der Waals surface area contributed by atoms with E-state index in [0.717, 1.165) is 68.6 Å². The number of aromatic amines is 2. The highest BCUT2D eigenvalue weighted by molar-refractivity contribution is 5.98. The summed E-state index contributed by atoms with van der Waals surface area (Å²) < 4.78 is 16.2. The van der Waals surface area contributed by atoms with E-state index in [2.05, 4.69) is 53.4 Å². The molecule has 0 radical (unpaired) electrons. The van der Waals surface area contributed by atoms with Crippen LogP contribution in [0.2, 0.25) is 0 Å². The lowest BCUT2D eigenvalue weighted by Gasteiger charge is -2.34. The van der Waals surface area contributed by atoms with Crippen molar-refractivity contribution in [3.05, 3.63) is 48.7 Å². The smallest absolute Gasteiger partial charge is 0.227 e. The summed E-state index contributed by atoms with van der Waals surface area (Å²) >= 11 is 0. The number of carbonyl (C=O) groups is 1. The number of rotatable bonds is 5. The van der Waals surface area contributed by atoms with Crippen molar-refractivity contribution in [2.75, 3.05) is 43.4 Å². The lowest BCUT2D eigenvalue weighted by Crippen LogP contribution is -2.44. The van der Waals surface area contributed by atoms with E-state index >= 15 is 4.39 Å². The van der Waals surface area contributed by atoms with Gasteiger partial charge in [0.15, 0.2) is 11.6 Å². The minimum atomic E-state index is -0.524. The summed E-state index contributed by atoms with van der Waals surface area (Å²) in [6, 6.07) is 7.78. The second-order valence-corrected chi connectivity index (χ2v) is 11.1. The Hall–Kier alpha value is -4.38. The molecule has 5 aromatic rings. The summed E-state index contributed by atoms with van der Waals surface area (Å²) in [4.78, 5) is 34.3. The topological polar surface area (TPSA) is 119 Å². The molecule has 2 fully saturated rings. The third-order valence-corrected chi connectivity index (χ3v) is 8.36. The van der Waals surface area contributed by atoms with Gasteiger partial charge in [0.25, 0.3) is 0 Å². The quantitative estimate of drug-likeness (QED) is 0.281. The van der Waals surface area contributed by atoms with E-state index in [9.17, 15) is 4.79 Å². The molecule has 1 aliphatic carbocycles. The van der Waals surface area contributed by atoms with Crippen LogP contribution in [0.5, 0.6) is 0 Å². The highest BCUT2D eigenvalue weighted by Crippen LogP contribution is 2.35. The molecule has 2 aliphatic rings. The van der Waals surface area contributed by atoms with Gasteiger partial charge in [-0.1, -0.05) is 25.3 Å². The summed E-state index contributed by atoms with van der Waals surface area (Å²) in [5, 5.41) is 10.6. The van der Waals surface area contributed by atoms with Gasteiger partial charge in [-0.2, -0.15) is 5.10 Å². The van der Waals surface area contributed by atoms with Crippen molar-refractivity contribution in [3.63, 3.8) is 0 Å². The van der Waals surface area contributed by atoms with Gasteiger partial charge in [-0.15, -0.1) is 0 Å². The van der Waals surface area contributed by atoms with E-state index in [0.29, 0.717) is 33.7 Å². The fourth-order valence-corrected chi connectivity index (χ4v) is 6.03. The fraction of sp³-hybridized carbons (Fsp3) is 0.367. The summed E-state index contributed by atoms with van der Waals surface area (Å²) in [6.45, 7) is 3.81. The van der Waals surface area contributed by atoms with E-state index in [1.807, 2.05) is 12.1 Å². The van der Waals surface area contributed by atoms with Crippen molar-refractivity contribution in [2.45, 2.75) is 32.1 Å². The summed E-state index contributed by atoms with van der Waals surface area (Å²) in [7, 11) is 2.13. The molecule has 1 aliphatic heterocycles. The predicted molar refractivity (Wildman–Crippen MR) is 157 cm³/mol. The van der Waals surface area contributed by atoms with Crippen LogP contribution in [0, 0.1) is 11.7 Å². The van der Waals surface area contributed by atoms with E-state index in [4.69, 9.17) is 4.98 Å². The van der Waals surface area contributed by atoms with Crippen LogP contribution < -0.4 is 10.2 Å². The number of para-hydroxylation sites is 1. The predicted octanol–water partition coefficient (Wildman–Crippen LogP) is 4.97. The average Bonchev–Trinajstić information content (AvgIpc) is 3.63. The Labute approximate surface area is 236 Å². The number of piperazine rings is 1. The van der Waals surface area contributed by atoms with E-state index < -0.39 is 5.82 Å². The van der Waals surface area contributed by atoms with Gasteiger partial charge in [0.05, 0.1) is 40.2 Å². The van der Waals surface area contributed by atoms with Gasteiger partial charge in [-0.05, 0) is 38.1 Å². The van der Waals surface area contributed by atoms with Crippen LogP contribution in [0.25, 0.3) is 44.7 Å². The summed E-state index contributed by atoms with van der Waals surface area (Å²) in [6.07, 6.45) is 9.81. The Morgan fingerprint density at radius 1 is 1.02 bits per heavy atom. The maximum absolute atomic E-state index is 16.2.